The standard InChI is InChI=1S/C14H26N6O/c1-5-6-16-12-10(4)13(17-7-8-18-14(15)21)20-11(19-12)9(2)3/h9H,5-8H2,1-4H3,(H3,15,18,21)(H2,16,17,19,20). The quantitative estimate of drug-likeness (QED) is 0.547. The lowest BCUT2D eigenvalue weighted by molar-refractivity contribution is 0.249. The van der Waals surface area contributed by atoms with Gasteiger partial charge in [-0.25, -0.2) is 14.8 Å². The van der Waals surface area contributed by atoms with Crippen LogP contribution in [0.5, 0.6) is 0 Å². The first-order chi connectivity index (χ1) is 9.95. The Morgan fingerprint density at radius 1 is 1.14 bits per heavy atom. The van der Waals surface area contributed by atoms with Crippen molar-refractivity contribution in [3.63, 3.8) is 0 Å². The van der Waals surface area contributed by atoms with Gasteiger partial charge < -0.3 is 21.7 Å². The second-order valence-electron chi connectivity index (χ2n) is 5.20. The number of nitrogens with zero attached hydrogens (tertiary/aromatic N) is 2. The third-order valence-electron chi connectivity index (χ3n) is 2.94. The van der Waals surface area contributed by atoms with E-state index in [9.17, 15) is 4.79 Å². The normalized spacial score (nSPS) is 10.5. The van der Waals surface area contributed by atoms with Gasteiger partial charge in [0, 0.05) is 31.1 Å². The summed E-state index contributed by atoms with van der Waals surface area (Å²) in [5.41, 5.74) is 6.01. The van der Waals surface area contributed by atoms with Gasteiger partial charge in [-0.2, -0.15) is 0 Å². The molecule has 0 atom stereocenters. The molecule has 7 heteroatoms. The number of amides is 2. The first-order valence-electron chi connectivity index (χ1n) is 7.35. The number of hydrogen-bond donors (Lipinski definition) is 4. The van der Waals surface area contributed by atoms with Crippen molar-refractivity contribution >= 4 is 17.7 Å². The van der Waals surface area contributed by atoms with Crippen molar-refractivity contribution in [3.05, 3.63) is 11.4 Å². The smallest absolute Gasteiger partial charge is 0.312 e. The Hall–Kier alpha value is -2.05. The number of carbonyl (C=O) groups excluding carboxylic acids is 1. The molecule has 1 heterocycles. The van der Waals surface area contributed by atoms with E-state index < -0.39 is 6.03 Å². The van der Waals surface area contributed by atoms with Crippen LogP contribution in [0.4, 0.5) is 16.4 Å². The number of aromatic nitrogens is 2. The molecule has 1 aromatic rings. The second-order valence-corrected chi connectivity index (χ2v) is 5.20. The Morgan fingerprint density at radius 2 is 1.71 bits per heavy atom. The molecule has 2 amide bonds. The van der Waals surface area contributed by atoms with Crippen LogP contribution in [0.3, 0.4) is 0 Å². The van der Waals surface area contributed by atoms with E-state index in [2.05, 4.69) is 46.7 Å². The van der Waals surface area contributed by atoms with Crippen LogP contribution >= 0.6 is 0 Å². The molecule has 0 aliphatic heterocycles. The summed E-state index contributed by atoms with van der Waals surface area (Å²) in [6.07, 6.45) is 1.03. The number of primary amides is 1. The van der Waals surface area contributed by atoms with Crippen LogP contribution in [0.1, 0.15) is 44.5 Å². The summed E-state index contributed by atoms with van der Waals surface area (Å²) in [5.74, 6) is 2.70. The third kappa shape index (κ3) is 5.45. The average Bonchev–Trinajstić information content (AvgIpc) is 2.43. The SMILES string of the molecule is CCCNc1nc(C(C)C)nc(NCCNC(N)=O)c1C. The molecule has 21 heavy (non-hydrogen) atoms. The van der Waals surface area contributed by atoms with E-state index in [0.29, 0.717) is 13.1 Å². The Labute approximate surface area is 126 Å². The molecule has 0 aliphatic carbocycles. The topological polar surface area (TPSA) is 105 Å². The van der Waals surface area contributed by atoms with Crippen LogP contribution in [0, 0.1) is 6.92 Å². The summed E-state index contributed by atoms with van der Waals surface area (Å²) >= 11 is 0. The van der Waals surface area contributed by atoms with Crippen LogP contribution in [0.25, 0.3) is 0 Å². The summed E-state index contributed by atoms with van der Waals surface area (Å²) < 4.78 is 0. The number of nitrogens with two attached hydrogens (primary N) is 1. The van der Waals surface area contributed by atoms with Crippen molar-refractivity contribution in [2.75, 3.05) is 30.3 Å². The van der Waals surface area contributed by atoms with E-state index in [4.69, 9.17) is 5.73 Å². The first-order valence-corrected chi connectivity index (χ1v) is 7.35. The summed E-state index contributed by atoms with van der Waals surface area (Å²) in [4.78, 5) is 19.8. The summed E-state index contributed by atoms with van der Waals surface area (Å²) in [7, 11) is 0. The maximum absolute atomic E-state index is 10.6. The van der Waals surface area contributed by atoms with Gasteiger partial charge in [-0.05, 0) is 13.3 Å². The number of anilines is 2. The maximum Gasteiger partial charge on any atom is 0.312 e. The zero-order valence-electron chi connectivity index (χ0n) is 13.3. The average molecular weight is 294 g/mol. The molecule has 0 bridgehead atoms. The van der Waals surface area contributed by atoms with E-state index in [-0.39, 0.29) is 5.92 Å². The Kier molecular flexibility index (Phi) is 6.71. The largest absolute Gasteiger partial charge is 0.370 e. The van der Waals surface area contributed by atoms with Crippen molar-refractivity contribution in [3.8, 4) is 0 Å². The fourth-order valence-electron chi connectivity index (χ4n) is 1.75. The molecule has 0 saturated heterocycles. The van der Waals surface area contributed by atoms with Crippen LogP contribution in [0.2, 0.25) is 0 Å². The lowest BCUT2D eigenvalue weighted by atomic mass is 10.2. The van der Waals surface area contributed by atoms with Crippen molar-refractivity contribution in [1.82, 2.24) is 15.3 Å². The van der Waals surface area contributed by atoms with Gasteiger partial charge in [0.05, 0.1) is 0 Å². The second kappa shape index (κ2) is 8.28. The van der Waals surface area contributed by atoms with Crippen molar-refractivity contribution in [1.29, 1.82) is 0 Å². The highest BCUT2D eigenvalue weighted by atomic mass is 16.2. The van der Waals surface area contributed by atoms with Crippen molar-refractivity contribution in [2.45, 2.75) is 40.0 Å². The zero-order valence-corrected chi connectivity index (χ0v) is 13.3. The maximum atomic E-state index is 10.6. The molecule has 0 fully saturated rings. The minimum atomic E-state index is -0.524. The van der Waals surface area contributed by atoms with Crippen molar-refractivity contribution in [2.24, 2.45) is 5.73 Å². The van der Waals surface area contributed by atoms with Crippen LogP contribution < -0.4 is 21.7 Å². The van der Waals surface area contributed by atoms with E-state index in [1.165, 1.54) is 0 Å². The molecule has 5 N–H and O–H groups in total. The van der Waals surface area contributed by atoms with Crippen LogP contribution in [-0.2, 0) is 0 Å². The highest BCUT2D eigenvalue weighted by Gasteiger charge is 2.12. The molecule has 0 aromatic carbocycles. The van der Waals surface area contributed by atoms with Gasteiger partial charge in [0.15, 0.2) is 0 Å². The van der Waals surface area contributed by atoms with Crippen LogP contribution in [0.15, 0.2) is 0 Å². The van der Waals surface area contributed by atoms with Gasteiger partial charge >= 0.3 is 6.03 Å². The fraction of sp³-hybridized carbons (Fsp3) is 0.643. The Morgan fingerprint density at radius 3 is 2.19 bits per heavy atom. The summed E-state index contributed by atoms with van der Waals surface area (Å²) in [5, 5.41) is 9.08. The molecular weight excluding hydrogens is 268 g/mol. The van der Waals surface area contributed by atoms with Crippen LogP contribution in [-0.4, -0.2) is 35.6 Å². The minimum absolute atomic E-state index is 0.247. The van der Waals surface area contributed by atoms with Gasteiger partial charge in [-0.3, -0.25) is 0 Å². The van der Waals surface area contributed by atoms with Crippen molar-refractivity contribution < 1.29 is 4.79 Å². The Balaban J connectivity index is 2.84. The van der Waals surface area contributed by atoms with E-state index in [1.54, 1.807) is 0 Å². The lowest BCUT2D eigenvalue weighted by Gasteiger charge is -2.16. The predicted molar refractivity (Wildman–Crippen MR) is 85.7 cm³/mol. The molecule has 7 nitrogen and oxygen atoms in total. The molecule has 0 aliphatic rings. The molecule has 118 valence electrons. The highest BCUT2D eigenvalue weighted by Crippen LogP contribution is 2.22. The van der Waals surface area contributed by atoms with Gasteiger partial charge in [0.1, 0.15) is 17.5 Å². The van der Waals surface area contributed by atoms with E-state index in [0.717, 1.165) is 36.0 Å². The van der Waals surface area contributed by atoms with E-state index in [1.807, 2.05) is 6.92 Å². The van der Waals surface area contributed by atoms with Gasteiger partial charge in [-0.1, -0.05) is 20.8 Å². The number of urea groups is 1. The third-order valence-corrected chi connectivity index (χ3v) is 2.94. The highest BCUT2D eigenvalue weighted by molar-refractivity contribution is 5.71. The number of nitrogens with one attached hydrogen (secondary N) is 3. The molecule has 1 aromatic heterocycles. The lowest BCUT2D eigenvalue weighted by Crippen LogP contribution is -2.33. The molecule has 0 radical (unpaired) electrons. The number of rotatable bonds is 8. The summed E-state index contributed by atoms with van der Waals surface area (Å²) in [6.45, 7) is 10.1. The number of carbonyl (C=O) groups is 1. The summed E-state index contributed by atoms with van der Waals surface area (Å²) in [6, 6.07) is -0.524. The molecule has 0 saturated carbocycles. The Bertz CT molecular complexity index is 475. The molecule has 0 spiro atoms. The van der Waals surface area contributed by atoms with Gasteiger partial charge in [0.2, 0.25) is 0 Å². The number of hydrogen-bond acceptors (Lipinski definition) is 5. The fourth-order valence-corrected chi connectivity index (χ4v) is 1.75. The van der Waals surface area contributed by atoms with Gasteiger partial charge in [0.25, 0.3) is 0 Å². The van der Waals surface area contributed by atoms with E-state index >= 15 is 0 Å². The molecule has 0 unspecified atom stereocenters. The predicted octanol–water partition coefficient (Wildman–Crippen LogP) is 1.81. The first kappa shape index (κ1) is 17.0. The monoisotopic (exact) mass is 294 g/mol. The molecular formula is C14H26N6O. The zero-order chi connectivity index (χ0) is 15.8. The molecule has 1 rings (SSSR count). The van der Waals surface area contributed by atoms with Gasteiger partial charge in [-0.15, -0.1) is 0 Å². The minimum Gasteiger partial charge on any atom is -0.370 e.